The molecule has 0 aliphatic heterocycles. The molecule has 0 aliphatic carbocycles. The van der Waals surface area contributed by atoms with E-state index in [0.29, 0.717) is 13.0 Å². The van der Waals surface area contributed by atoms with E-state index in [1.165, 1.54) is 20.8 Å². The van der Waals surface area contributed by atoms with Crippen molar-refractivity contribution in [2.24, 2.45) is 0 Å². The van der Waals surface area contributed by atoms with Crippen LogP contribution >= 0.6 is 0 Å². The highest BCUT2D eigenvalue weighted by molar-refractivity contribution is 5.86. The Morgan fingerprint density at radius 3 is 2.06 bits per heavy atom. The minimum absolute atomic E-state index is 0.0136. The molecule has 0 saturated carbocycles. The van der Waals surface area contributed by atoms with Crippen molar-refractivity contribution in [1.82, 2.24) is 0 Å². The van der Waals surface area contributed by atoms with Crippen molar-refractivity contribution in [3.8, 4) is 0 Å². The van der Waals surface area contributed by atoms with Crippen LogP contribution in [-0.2, 0) is 14.3 Å². The molecule has 0 radical (unpaired) electrons. The second-order valence-corrected chi connectivity index (χ2v) is 5.71. The summed E-state index contributed by atoms with van der Waals surface area (Å²) in [7, 11) is 0. The standard InChI is InChI=1S/C14H26O4/c1-11(15)14(4,5)18-10-8-6-7-9-12(16)13(2,3)17/h17H,6-10H2,1-5H3. The molecular weight excluding hydrogens is 232 g/mol. The van der Waals surface area contributed by atoms with Crippen molar-refractivity contribution >= 4 is 11.6 Å². The van der Waals surface area contributed by atoms with E-state index in [-0.39, 0.29) is 11.6 Å². The van der Waals surface area contributed by atoms with Crippen LogP contribution < -0.4 is 0 Å². The summed E-state index contributed by atoms with van der Waals surface area (Å²) in [5, 5.41) is 9.44. The highest BCUT2D eigenvalue weighted by Crippen LogP contribution is 2.13. The van der Waals surface area contributed by atoms with Gasteiger partial charge in [-0.1, -0.05) is 6.42 Å². The minimum Gasteiger partial charge on any atom is -0.383 e. The molecule has 4 heteroatoms. The van der Waals surface area contributed by atoms with Gasteiger partial charge in [0.05, 0.1) is 0 Å². The van der Waals surface area contributed by atoms with Crippen LogP contribution in [0.4, 0.5) is 0 Å². The van der Waals surface area contributed by atoms with Crippen molar-refractivity contribution in [1.29, 1.82) is 0 Å². The number of carbonyl (C=O) groups excluding carboxylic acids is 2. The smallest absolute Gasteiger partial charge is 0.163 e. The molecule has 0 rings (SSSR count). The largest absolute Gasteiger partial charge is 0.383 e. The van der Waals surface area contributed by atoms with Crippen LogP contribution in [0.2, 0.25) is 0 Å². The summed E-state index contributed by atoms with van der Waals surface area (Å²) in [4.78, 5) is 22.6. The van der Waals surface area contributed by atoms with E-state index in [0.717, 1.165) is 19.3 Å². The van der Waals surface area contributed by atoms with Crippen LogP contribution in [-0.4, -0.2) is 34.5 Å². The molecule has 106 valence electrons. The minimum atomic E-state index is -1.23. The third-order valence-electron chi connectivity index (χ3n) is 3.04. The lowest BCUT2D eigenvalue weighted by atomic mass is 9.98. The zero-order chi connectivity index (χ0) is 14.4. The van der Waals surface area contributed by atoms with Crippen molar-refractivity contribution in [2.75, 3.05) is 6.61 Å². The average molecular weight is 258 g/mol. The van der Waals surface area contributed by atoms with Gasteiger partial charge in [0.25, 0.3) is 0 Å². The van der Waals surface area contributed by atoms with Crippen LogP contribution in [0.1, 0.15) is 60.3 Å². The Labute approximate surface area is 110 Å². The fraction of sp³-hybridized carbons (Fsp3) is 0.857. The normalized spacial score (nSPS) is 12.6. The molecule has 0 heterocycles. The van der Waals surface area contributed by atoms with E-state index in [9.17, 15) is 14.7 Å². The Morgan fingerprint density at radius 1 is 1.06 bits per heavy atom. The number of ether oxygens (including phenoxy) is 1. The number of unbranched alkanes of at least 4 members (excludes halogenated alkanes) is 2. The maximum Gasteiger partial charge on any atom is 0.163 e. The van der Waals surface area contributed by atoms with Gasteiger partial charge in [0.2, 0.25) is 0 Å². The zero-order valence-corrected chi connectivity index (χ0v) is 12.2. The molecule has 0 fully saturated rings. The molecule has 0 aromatic rings. The van der Waals surface area contributed by atoms with E-state index < -0.39 is 11.2 Å². The van der Waals surface area contributed by atoms with E-state index in [2.05, 4.69) is 0 Å². The summed E-state index contributed by atoms with van der Waals surface area (Å²) in [6, 6.07) is 0. The van der Waals surface area contributed by atoms with Crippen LogP contribution in [0, 0.1) is 0 Å². The topological polar surface area (TPSA) is 63.6 Å². The lowest BCUT2D eigenvalue weighted by Gasteiger charge is -2.21. The van der Waals surface area contributed by atoms with Crippen molar-refractivity contribution < 1.29 is 19.4 Å². The predicted molar refractivity (Wildman–Crippen MR) is 70.5 cm³/mol. The summed E-state index contributed by atoms with van der Waals surface area (Å²) < 4.78 is 5.48. The van der Waals surface area contributed by atoms with E-state index in [1.807, 2.05) is 0 Å². The van der Waals surface area contributed by atoms with Gasteiger partial charge in [-0.15, -0.1) is 0 Å². The van der Waals surface area contributed by atoms with Gasteiger partial charge in [-0.3, -0.25) is 9.59 Å². The van der Waals surface area contributed by atoms with Crippen molar-refractivity contribution in [3.05, 3.63) is 0 Å². The molecule has 0 aliphatic rings. The maximum absolute atomic E-state index is 11.4. The van der Waals surface area contributed by atoms with Crippen LogP contribution in [0.15, 0.2) is 0 Å². The molecule has 4 nitrogen and oxygen atoms in total. The molecule has 1 N–H and O–H groups in total. The number of hydrogen-bond acceptors (Lipinski definition) is 4. The highest BCUT2D eigenvalue weighted by Gasteiger charge is 2.24. The lowest BCUT2D eigenvalue weighted by molar-refractivity contribution is -0.138. The van der Waals surface area contributed by atoms with Gasteiger partial charge < -0.3 is 9.84 Å². The molecule has 0 bridgehead atoms. The van der Waals surface area contributed by atoms with E-state index in [1.54, 1.807) is 13.8 Å². The molecule has 18 heavy (non-hydrogen) atoms. The third-order valence-corrected chi connectivity index (χ3v) is 3.04. The Bertz CT molecular complexity index is 287. The number of carbonyl (C=O) groups is 2. The van der Waals surface area contributed by atoms with Gasteiger partial charge in [0.1, 0.15) is 11.2 Å². The summed E-state index contributed by atoms with van der Waals surface area (Å²) in [6.07, 6.45) is 2.80. The van der Waals surface area contributed by atoms with E-state index in [4.69, 9.17) is 4.74 Å². The van der Waals surface area contributed by atoms with Gasteiger partial charge in [0, 0.05) is 13.0 Å². The highest BCUT2D eigenvalue weighted by atomic mass is 16.5. The monoisotopic (exact) mass is 258 g/mol. The Hall–Kier alpha value is -0.740. The number of rotatable bonds is 9. The summed E-state index contributed by atoms with van der Waals surface area (Å²) in [5.41, 5.74) is -1.95. The fourth-order valence-electron chi connectivity index (χ4n) is 1.30. The number of ketones is 2. The lowest BCUT2D eigenvalue weighted by Crippen LogP contribution is -2.33. The summed E-state index contributed by atoms with van der Waals surface area (Å²) in [6.45, 7) is 8.56. The second-order valence-electron chi connectivity index (χ2n) is 5.71. The molecule has 0 saturated heterocycles. The fourth-order valence-corrected chi connectivity index (χ4v) is 1.30. The first-order valence-corrected chi connectivity index (χ1v) is 6.48. The Balaban J connectivity index is 3.65. The van der Waals surface area contributed by atoms with Gasteiger partial charge in [-0.2, -0.15) is 0 Å². The van der Waals surface area contributed by atoms with Gasteiger partial charge in [-0.05, 0) is 47.5 Å². The van der Waals surface area contributed by atoms with E-state index >= 15 is 0 Å². The molecule has 0 aromatic heterocycles. The Morgan fingerprint density at radius 2 is 1.61 bits per heavy atom. The quantitative estimate of drug-likeness (QED) is 0.644. The molecule has 0 amide bonds. The third kappa shape index (κ3) is 6.87. The first kappa shape index (κ1) is 17.3. The van der Waals surface area contributed by atoms with Crippen LogP contribution in [0.3, 0.4) is 0 Å². The molecule has 0 aromatic carbocycles. The van der Waals surface area contributed by atoms with Crippen molar-refractivity contribution in [2.45, 2.75) is 71.5 Å². The molecule has 0 spiro atoms. The van der Waals surface area contributed by atoms with Crippen LogP contribution in [0.5, 0.6) is 0 Å². The maximum atomic E-state index is 11.4. The van der Waals surface area contributed by atoms with Gasteiger partial charge >= 0.3 is 0 Å². The van der Waals surface area contributed by atoms with Gasteiger partial charge in [-0.25, -0.2) is 0 Å². The predicted octanol–water partition coefficient (Wildman–Crippen LogP) is 2.27. The summed E-state index contributed by atoms with van der Waals surface area (Å²) in [5.74, 6) is -0.118. The van der Waals surface area contributed by atoms with Crippen LogP contribution in [0.25, 0.3) is 0 Å². The Kier molecular flexibility index (Phi) is 6.71. The molecule has 0 unspecified atom stereocenters. The SMILES string of the molecule is CC(=O)C(C)(C)OCCCCCC(=O)C(C)(C)O. The first-order valence-electron chi connectivity index (χ1n) is 6.48. The first-order chi connectivity index (χ1) is 8.07. The molecule has 0 atom stereocenters. The number of Topliss-reactive ketones (excluding diaryl/α,β-unsaturated/α-hetero) is 2. The second kappa shape index (κ2) is 7.00. The number of aliphatic hydroxyl groups is 1. The average Bonchev–Trinajstić information content (AvgIpc) is 2.21. The number of hydrogen-bond donors (Lipinski definition) is 1. The van der Waals surface area contributed by atoms with Gasteiger partial charge in [0.15, 0.2) is 11.6 Å². The molecular formula is C14H26O4. The van der Waals surface area contributed by atoms with Crippen molar-refractivity contribution in [3.63, 3.8) is 0 Å². The summed E-state index contributed by atoms with van der Waals surface area (Å²) >= 11 is 0. The zero-order valence-electron chi connectivity index (χ0n) is 12.2.